The summed E-state index contributed by atoms with van der Waals surface area (Å²) in [5.41, 5.74) is 3.53. The molecule has 0 saturated heterocycles. The van der Waals surface area contributed by atoms with Gasteiger partial charge in [-0.05, 0) is 66.0 Å². The zero-order valence-electron chi connectivity index (χ0n) is 19.8. The van der Waals surface area contributed by atoms with E-state index in [4.69, 9.17) is 0 Å². The maximum Gasteiger partial charge on any atom is 0.387 e. The number of aryl methyl sites for hydroxylation is 3. The van der Waals surface area contributed by atoms with E-state index in [0.29, 0.717) is 29.6 Å². The molecule has 0 saturated carbocycles. The standard InChI is InChI=1S/C29H29F3N2O/c1-2-3-4-5-6-21-18-33-28(34-19-21)24-13-16-26-23(17-24)12-11-22(27(26)30)10-7-20-8-14-25(15-9-20)35-29(31)32/h8-9,11-19,29H,2-7,10H2,1H3. The van der Waals surface area contributed by atoms with Crippen molar-refractivity contribution in [2.24, 2.45) is 0 Å². The van der Waals surface area contributed by atoms with Gasteiger partial charge in [0.25, 0.3) is 0 Å². The number of alkyl halides is 2. The van der Waals surface area contributed by atoms with E-state index in [0.717, 1.165) is 34.9 Å². The van der Waals surface area contributed by atoms with Crippen molar-refractivity contribution in [3.05, 3.63) is 89.5 Å². The van der Waals surface area contributed by atoms with Crippen molar-refractivity contribution in [2.75, 3.05) is 0 Å². The number of hydrogen-bond donors (Lipinski definition) is 0. The molecular formula is C29H29F3N2O. The smallest absolute Gasteiger partial charge is 0.387 e. The molecule has 182 valence electrons. The summed E-state index contributed by atoms with van der Waals surface area (Å²) in [6.07, 6.45) is 10.7. The quantitative estimate of drug-likeness (QED) is 0.205. The number of ether oxygens (including phenoxy) is 1. The lowest BCUT2D eigenvalue weighted by Gasteiger charge is -2.09. The number of aromatic nitrogens is 2. The van der Waals surface area contributed by atoms with Crippen molar-refractivity contribution in [1.29, 1.82) is 0 Å². The predicted octanol–water partition coefficient (Wildman–Crippen LogP) is 7.95. The van der Waals surface area contributed by atoms with E-state index < -0.39 is 6.61 Å². The first-order chi connectivity index (χ1) is 17.0. The van der Waals surface area contributed by atoms with Crippen molar-refractivity contribution >= 4 is 10.8 Å². The van der Waals surface area contributed by atoms with Crippen LogP contribution >= 0.6 is 0 Å². The fourth-order valence-electron chi connectivity index (χ4n) is 4.17. The van der Waals surface area contributed by atoms with Crippen LogP contribution in [-0.2, 0) is 19.3 Å². The highest BCUT2D eigenvalue weighted by atomic mass is 19.3. The number of unbranched alkanes of at least 4 members (excludes halogenated alkanes) is 3. The number of nitrogens with zero attached hydrogens (tertiary/aromatic N) is 2. The van der Waals surface area contributed by atoms with Crippen LogP contribution in [0.3, 0.4) is 0 Å². The Kier molecular flexibility index (Phi) is 8.35. The summed E-state index contributed by atoms with van der Waals surface area (Å²) in [7, 11) is 0. The maximum atomic E-state index is 15.2. The van der Waals surface area contributed by atoms with E-state index in [2.05, 4.69) is 21.6 Å². The van der Waals surface area contributed by atoms with E-state index in [-0.39, 0.29) is 11.6 Å². The Bertz CT molecular complexity index is 1240. The molecule has 4 aromatic rings. The molecule has 0 atom stereocenters. The van der Waals surface area contributed by atoms with Gasteiger partial charge in [0.1, 0.15) is 11.6 Å². The van der Waals surface area contributed by atoms with Gasteiger partial charge in [-0.15, -0.1) is 0 Å². The molecule has 3 aromatic carbocycles. The molecule has 0 aliphatic carbocycles. The largest absolute Gasteiger partial charge is 0.435 e. The molecule has 1 aromatic heterocycles. The van der Waals surface area contributed by atoms with Crippen LogP contribution in [0.5, 0.6) is 5.75 Å². The summed E-state index contributed by atoms with van der Waals surface area (Å²) in [5, 5.41) is 1.35. The number of hydrogen-bond acceptors (Lipinski definition) is 3. The van der Waals surface area contributed by atoms with Gasteiger partial charge in [0.05, 0.1) is 0 Å². The molecule has 0 aliphatic heterocycles. The Hall–Kier alpha value is -3.41. The van der Waals surface area contributed by atoms with Crippen LogP contribution in [0, 0.1) is 5.82 Å². The second kappa shape index (κ2) is 11.8. The van der Waals surface area contributed by atoms with Crippen LogP contribution < -0.4 is 4.74 Å². The minimum atomic E-state index is -2.85. The Morgan fingerprint density at radius 1 is 0.800 bits per heavy atom. The van der Waals surface area contributed by atoms with Crippen LogP contribution in [0.15, 0.2) is 67.0 Å². The third-order valence-electron chi connectivity index (χ3n) is 6.15. The zero-order valence-corrected chi connectivity index (χ0v) is 19.8. The van der Waals surface area contributed by atoms with Crippen LogP contribution in [0.25, 0.3) is 22.2 Å². The third-order valence-corrected chi connectivity index (χ3v) is 6.15. The Balaban J connectivity index is 1.42. The molecule has 0 amide bonds. The summed E-state index contributed by atoms with van der Waals surface area (Å²) in [6, 6.07) is 15.7. The van der Waals surface area contributed by atoms with Gasteiger partial charge in [-0.2, -0.15) is 8.78 Å². The van der Waals surface area contributed by atoms with Crippen molar-refractivity contribution in [3.63, 3.8) is 0 Å². The number of rotatable bonds is 11. The lowest BCUT2D eigenvalue weighted by molar-refractivity contribution is -0.0498. The fraction of sp³-hybridized carbons (Fsp3) is 0.310. The summed E-state index contributed by atoms with van der Waals surface area (Å²) in [6.45, 7) is -0.647. The normalized spacial score (nSPS) is 11.3. The number of benzene rings is 3. The van der Waals surface area contributed by atoms with E-state index in [1.165, 1.54) is 31.4 Å². The first kappa shape index (κ1) is 24.7. The zero-order chi connectivity index (χ0) is 24.6. The van der Waals surface area contributed by atoms with E-state index in [1.807, 2.05) is 30.6 Å². The lowest BCUT2D eigenvalue weighted by Crippen LogP contribution is -2.02. The molecule has 3 nitrogen and oxygen atoms in total. The summed E-state index contributed by atoms with van der Waals surface area (Å²) in [4.78, 5) is 9.05. The van der Waals surface area contributed by atoms with E-state index >= 15 is 4.39 Å². The van der Waals surface area contributed by atoms with E-state index in [9.17, 15) is 8.78 Å². The fourth-order valence-corrected chi connectivity index (χ4v) is 4.17. The molecule has 0 bridgehead atoms. The van der Waals surface area contributed by atoms with Crippen LogP contribution in [0.1, 0.15) is 49.3 Å². The summed E-state index contributed by atoms with van der Waals surface area (Å²) < 4.78 is 44.2. The molecule has 0 aliphatic rings. The van der Waals surface area contributed by atoms with Crippen LogP contribution in [-0.4, -0.2) is 16.6 Å². The highest BCUT2D eigenvalue weighted by Crippen LogP contribution is 2.27. The average molecular weight is 479 g/mol. The summed E-state index contributed by atoms with van der Waals surface area (Å²) in [5.74, 6) is 0.505. The number of halogens is 3. The molecule has 4 rings (SSSR count). The Labute approximate surface area is 204 Å². The van der Waals surface area contributed by atoms with Crippen molar-refractivity contribution in [3.8, 4) is 17.1 Å². The number of fused-ring (bicyclic) bond motifs is 1. The maximum absolute atomic E-state index is 15.2. The second-order valence-electron chi connectivity index (χ2n) is 8.72. The minimum Gasteiger partial charge on any atom is -0.435 e. The first-order valence-electron chi connectivity index (χ1n) is 12.1. The van der Waals surface area contributed by atoms with Gasteiger partial charge in [0.15, 0.2) is 5.82 Å². The first-order valence-corrected chi connectivity index (χ1v) is 12.1. The molecule has 0 spiro atoms. The van der Waals surface area contributed by atoms with Gasteiger partial charge in [-0.1, -0.05) is 62.6 Å². The topological polar surface area (TPSA) is 35.0 Å². The van der Waals surface area contributed by atoms with Crippen molar-refractivity contribution in [2.45, 2.75) is 58.5 Å². The van der Waals surface area contributed by atoms with Gasteiger partial charge in [0.2, 0.25) is 0 Å². The van der Waals surface area contributed by atoms with Gasteiger partial charge >= 0.3 is 6.61 Å². The average Bonchev–Trinajstić information content (AvgIpc) is 2.87. The molecule has 0 radical (unpaired) electrons. The van der Waals surface area contributed by atoms with Crippen LogP contribution in [0.2, 0.25) is 0 Å². The third kappa shape index (κ3) is 6.59. The molecular weight excluding hydrogens is 449 g/mol. The van der Waals surface area contributed by atoms with Crippen LogP contribution in [0.4, 0.5) is 13.2 Å². The van der Waals surface area contributed by atoms with Gasteiger partial charge in [0, 0.05) is 23.3 Å². The van der Waals surface area contributed by atoms with E-state index in [1.54, 1.807) is 24.3 Å². The second-order valence-corrected chi connectivity index (χ2v) is 8.72. The minimum absolute atomic E-state index is 0.113. The molecule has 1 heterocycles. The van der Waals surface area contributed by atoms with Gasteiger partial charge in [-0.3, -0.25) is 0 Å². The summed E-state index contributed by atoms with van der Waals surface area (Å²) >= 11 is 0. The Morgan fingerprint density at radius 2 is 1.57 bits per heavy atom. The predicted molar refractivity (Wildman–Crippen MR) is 133 cm³/mol. The highest BCUT2D eigenvalue weighted by molar-refractivity contribution is 5.87. The molecule has 0 fully saturated rings. The molecule has 6 heteroatoms. The van der Waals surface area contributed by atoms with Gasteiger partial charge < -0.3 is 4.74 Å². The molecule has 0 N–H and O–H groups in total. The highest BCUT2D eigenvalue weighted by Gasteiger charge is 2.11. The SMILES string of the molecule is CCCCCCc1cnc(-c2ccc3c(F)c(CCc4ccc(OC(F)F)cc4)ccc3c2)nc1. The monoisotopic (exact) mass is 478 g/mol. The lowest BCUT2D eigenvalue weighted by atomic mass is 9.99. The van der Waals surface area contributed by atoms with Gasteiger partial charge in [-0.25, -0.2) is 14.4 Å². The van der Waals surface area contributed by atoms with Crippen molar-refractivity contribution in [1.82, 2.24) is 9.97 Å². The Morgan fingerprint density at radius 3 is 2.29 bits per heavy atom. The van der Waals surface area contributed by atoms with Crippen molar-refractivity contribution < 1.29 is 17.9 Å². The molecule has 35 heavy (non-hydrogen) atoms. The molecule has 0 unspecified atom stereocenters.